The maximum atomic E-state index is 6.32. The van der Waals surface area contributed by atoms with E-state index in [1.807, 2.05) is 24.3 Å². The van der Waals surface area contributed by atoms with Crippen molar-refractivity contribution in [3.8, 4) is 11.1 Å². The van der Waals surface area contributed by atoms with Gasteiger partial charge in [-0.2, -0.15) is 0 Å². The van der Waals surface area contributed by atoms with Crippen LogP contribution in [0.5, 0.6) is 0 Å². The molecule has 0 bridgehead atoms. The summed E-state index contributed by atoms with van der Waals surface area (Å²) >= 11 is 0. The molecule has 5 heteroatoms. The Balaban J connectivity index is 0.892. The van der Waals surface area contributed by atoms with Gasteiger partial charge in [0.25, 0.3) is 0 Å². The van der Waals surface area contributed by atoms with Crippen LogP contribution in [0.4, 0.5) is 34.1 Å². The molecule has 0 amide bonds. The smallest absolute Gasteiger partial charge is 0.179 e. The lowest BCUT2D eigenvalue weighted by Crippen LogP contribution is -2.74. The third kappa shape index (κ3) is 7.39. The van der Waals surface area contributed by atoms with Crippen LogP contribution in [0, 0.1) is 0 Å². The summed E-state index contributed by atoms with van der Waals surface area (Å²) in [6.45, 7) is 0. The molecule has 0 spiro atoms. The van der Waals surface area contributed by atoms with Crippen LogP contribution in [0.15, 0.2) is 288 Å². The Hall–Kier alpha value is -9.16. The van der Waals surface area contributed by atoms with Gasteiger partial charge in [-0.1, -0.05) is 182 Å². The van der Waals surface area contributed by atoms with Crippen LogP contribution in [0.3, 0.4) is 0 Å². The molecule has 0 unspecified atom stereocenters. The van der Waals surface area contributed by atoms with Crippen molar-refractivity contribution in [2.24, 2.45) is 0 Å². The molecule has 0 atom stereocenters. The van der Waals surface area contributed by atoms with E-state index in [-0.39, 0.29) is 0 Å². The van der Waals surface area contributed by atoms with Gasteiger partial charge in [0.05, 0.1) is 0 Å². The minimum absolute atomic E-state index is 0.870. The van der Waals surface area contributed by atoms with E-state index in [1.165, 1.54) is 20.7 Å². The molecule has 4 nitrogen and oxygen atoms in total. The normalized spacial score (nSPS) is 11.7. The molecule has 2 heterocycles. The predicted molar refractivity (Wildman–Crippen MR) is 299 cm³/mol. The monoisotopic (exact) mass is 926 g/mol. The molecule has 0 aliphatic heterocycles. The van der Waals surface area contributed by atoms with Gasteiger partial charge in [0, 0.05) is 55.7 Å². The first-order chi connectivity index (χ1) is 35.2. The second-order valence-electron chi connectivity index (χ2n) is 18.1. The summed E-state index contributed by atoms with van der Waals surface area (Å²) in [7, 11) is -2.73. The highest BCUT2D eigenvalue weighted by Crippen LogP contribution is 2.41. The van der Waals surface area contributed by atoms with Crippen molar-refractivity contribution >= 4 is 107 Å². The molecule has 0 radical (unpaired) electrons. The number of benzene rings is 11. The summed E-state index contributed by atoms with van der Waals surface area (Å²) in [4.78, 5) is 4.68. The van der Waals surface area contributed by atoms with Crippen LogP contribution in [-0.2, 0) is 0 Å². The van der Waals surface area contributed by atoms with E-state index in [0.29, 0.717) is 0 Å². The van der Waals surface area contributed by atoms with Crippen LogP contribution >= 0.6 is 0 Å². The Morgan fingerprint density at radius 2 is 0.521 bits per heavy atom. The third-order valence-corrected chi connectivity index (χ3v) is 18.8. The Morgan fingerprint density at radius 1 is 0.225 bits per heavy atom. The molecular formula is C66H46N2O2Si. The van der Waals surface area contributed by atoms with E-state index in [0.717, 1.165) is 89.1 Å². The number of furan rings is 2. The van der Waals surface area contributed by atoms with Crippen molar-refractivity contribution in [3.05, 3.63) is 279 Å². The molecule has 0 aliphatic rings. The van der Waals surface area contributed by atoms with Gasteiger partial charge in [-0.15, -0.1) is 0 Å². The third-order valence-electron chi connectivity index (χ3n) is 14.0. The zero-order valence-corrected chi connectivity index (χ0v) is 39.8. The van der Waals surface area contributed by atoms with Crippen LogP contribution in [0.25, 0.3) is 55.0 Å². The molecule has 13 rings (SSSR count). The topological polar surface area (TPSA) is 32.8 Å². The standard InChI is InChI=1S/C66H46N2O2Si/c1-5-17-49(18-6-1)67(53-39-43-65-61(45-53)59-25-13-15-27-63(59)69-65)50-33-29-47(30-34-50)48-31-35-51(36-32-48)68(54-40-44-66-62(46-54)60-26-14-16-28-64(60)70-66)52-37-41-58(42-38-52)71(55-19-7-2-8-20-55,56-21-9-3-10-22-56)57-23-11-4-12-24-57/h1-46H. The molecule has 0 saturated heterocycles. The molecule has 0 saturated carbocycles. The van der Waals surface area contributed by atoms with Gasteiger partial charge in [0.1, 0.15) is 22.3 Å². The lowest BCUT2D eigenvalue weighted by molar-refractivity contribution is 0.668. The Kier molecular flexibility index (Phi) is 10.5. The van der Waals surface area contributed by atoms with E-state index in [2.05, 4.69) is 265 Å². The summed E-state index contributed by atoms with van der Waals surface area (Å²) in [5.41, 5.74) is 12.2. The number of para-hydroxylation sites is 3. The summed E-state index contributed by atoms with van der Waals surface area (Å²) in [5, 5.41) is 9.76. The van der Waals surface area contributed by atoms with Crippen LogP contribution in [0.1, 0.15) is 0 Å². The average molecular weight is 927 g/mol. The van der Waals surface area contributed by atoms with Gasteiger partial charge in [0.2, 0.25) is 0 Å². The fourth-order valence-electron chi connectivity index (χ4n) is 10.7. The first kappa shape index (κ1) is 42.0. The van der Waals surface area contributed by atoms with Gasteiger partial charge in [-0.05, 0) is 129 Å². The van der Waals surface area contributed by atoms with Crippen LogP contribution in [-0.4, -0.2) is 8.07 Å². The maximum Gasteiger partial charge on any atom is 0.179 e. The van der Waals surface area contributed by atoms with Crippen molar-refractivity contribution < 1.29 is 8.83 Å². The first-order valence-corrected chi connectivity index (χ1v) is 26.1. The highest BCUT2D eigenvalue weighted by molar-refractivity contribution is 7.19. The van der Waals surface area contributed by atoms with Crippen molar-refractivity contribution in [3.63, 3.8) is 0 Å². The van der Waals surface area contributed by atoms with Gasteiger partial charge >= 0.3 is 0 Å². The van der Waals surface area contributed by atoms with Crippen molar-refractivity contribution in [1.29, 1.82) is 0 Å². The Morgan fingerprint density at radius 3 is 0.930 bits per heavy atom. The number of nitrogens with zero attached hydrogens (tertiary/aromatic N) is 2. The maximum absolute atomic E-state index is 6.32. The van der Waals surface area contributed by atoms with Gasteiger partial charge in [-0.25, -0.2) is 0 Å². The van der Waals surface area contributed by atoms with Gasteiger partial charge in [0.15, 0.2) is 8.07 Å². The summed E-state index contributed by atoms with van der Waals surface area (Å²) in [6.07, 6.45) is 0. The number of anilines is 6. The van der Waals surface area contributed by atoms with E-state index in [9.17, 15) is 0 Å². The number of rotatable bonds is 11. The second-order valence-corrected chi connectivity index (χ2v) is 21.9. The van der Waals surface area contributed by atoms with E-state index in [1.54, 1.807) is 0 Å². The van der Waals surface area contributed by atoms with E-state index < -0.39 is 8.07 Å². The Labute approximate surface area is 413 Å². The first-order valence-electron chi connectivity index (χ1n) is 24.1. The van der Waals surface area contributed by atoms with Crippen molar-refractivity contribution in [2.45, 2.75) is 0 Å². The molecule has 2 aromatic heterocycles. The molecular weight excluding hydrogens is 881 g/mol. The molecule has 71 heavy (non-hydrogen) atoms. The number of hydrogen-bond donors (Lipinski definition) is 0. The van der Waals surface area contributed by atoms with Crippen LogP contribution in [0.2, 0.25) is 0 Å². The summed E-state index contributed by atoms with van der Waals surface area (Å²) in [6, 6.07) is 101. The van der Waals surface area contributed by atoms with E-state index >= 15 is 0 Å². The lowest BCUT2D eigenvalue weighted by Gasteiger charge is -2.35. The van der Waals surface area contributed by atoms with Gasteiger partial charge < -0.3 is 18.6 Å². The molecule has 336 valence electrons. The fraction of sp³-hybridized carbons (Fsp3) is 0. The zero-order chi connectivity index (χ0) is 47.1. The number of hydrogen-bond acceptors (Lipinski definition) is 4. The minimum Gasteiger partial charge on any atom is -0.456 e. The zero-order valence-electron chi connectivity index (χ0n) is 38.8. The Bertz CT molecular complexity index is 3870. The molecule has 0 aliphatic carbocycles. The predicted octanol–water partition coefficient (Wildman–Crippen LogP) is 15.5. The average Bonchev–Trinajstić information content (AvgIpc) is 4.01. The quantitative estimate of drug-likeness (QED) is 0.0956. The minimum atomic E-state index is -2.73. The van der Waals surface area contributed by atoms with E-state index in [4.69, 9.17) is 8.83 Å². The second kappa shape index (κ2) is 17.7. The largest absolute Gasteiger partial charge is 0.456 e. The molecule has 0 N–H and O–H groups in total. The van der Waals surface area contributed by atoms with Crippen molar-refractivity contribution in [1.82, 2.24) is 0 Å². The summed E-state index contributed by atoms with van der Waals surface area (Å²) in [5.74, 6) is 0. The number of fused-ring (bicyclic) bond motifs is 6. The lowest BCUT2D eigenvalue weighted by atomic mass is 10.0. The molecule has 13 aromatic rings. The highest BCUT2D eigenvalue weighted by Gasteiger charge is 2.41. The summed E-state index contributed by atoms with van der Waals surface area (Å²) < 4.78 is 12.5. The van der Waals surface area contributed by atoms with Crippen LogP contribution < -0.4 is 30.5 Å². The van der Waals surface area contributed by atoms with Gasteiger partial charge in [-0.3, -0.25) is 0 Å². The fourth-order valence-corrected chi connectivity index (χ4v) is 15.5. The van der Waals surface area contributed by atoms with Crippen molar-refractivity contribution in [2.75, 3.05) is 9.80 Å². The SMILES string of the molecule is c1ccc(N(c2ccc(-c3ccc(N(c4ccc([Si](c5ccccc5)(c5ccccc5)c5ccccc5)cc4)c4ccc5oc6ccccc6c5c4)cc3)cc2)c2ccc3oc4ccccc4c3c2)cc1. The molecule has 0 fully saturated rings. The molecule has 11 aromatic carbocycles. The highest BCUT2D eigenvalue weighted by atomic mass is 28.3.